The molecule has 2 heterocycles. The van der Waals surface area contributed by atoms with Gasteiger partial charge in [0, 0.05) is 60.0 Å². The number of fused-ring (bicyclic) bond motifs is 1. The van der Waals surface area contributed by atoms with Crippen LogP contribution < -0.4 is 19.7 Å². The molecule has 1 saturated heterocycles. The molecule has 1 fully saturated rings. The van der Waals surface area contributed by atoms with Crippen LogP contribution in [0.1, 0.15) is 18.4 Å². The van der Waals surface area contributed by atoms with Crippen molar-refractivity contribution in [2.24, 2.45) is 0 Å². The Bertz CT molecular complexity index is 1040. The van der Waals surface area contributed by atoms with Crippen LogP contribution in [0.15, 0.2) is 46.9 Å². The van der Waals surface area contributed by atoms with E-state index >= 15 is 0 Å². The number of rotatable bonds is 9. The molecule has 4 rings (SSSR count). The number of nitrogens with zero attached hydrogens (tertiary/aromatic N) is 2. The lowest BCUT2D eigenvalue weighted by Crippen LogP contribution is -2.46. The van der Waals surface area contributed by atoms with E-state index in [9.17, 15) is 4.79 Å². The lowest BCUT2D eigenvalue weighted by molar-refractivity contribution is -0.117. The van der Waals surface area contributed by atoms with E-state index in [1.807, 2.05) is 36.4 Å². The fourth-order valence-electron chi connectivity index (χ4n) is 4.31. The van der Waals surface area contributed by atoms with Crippen LogP contribution in [0.25, 0.3) is 6.08 Å². The summed E-state index contributed by atoms with van der Waals surface area (Å²) in [5.41, 5.74) is 2.95. The number of piperazine rings is 1. The predicted octanol–water partition coefficient (Wildman–Crippen LogP) is 4.56. The molecule has 0 radical (unpaired) electrons. The van der Waals surface area contributed by atoms with E-state index in [4.69, 9.17) is 21.1 Å². The van der Waals surface area contributed by atoms with Crippen molar-refractivity contribution < 1.29 is 14.3 Å². The number of benzene rings is 2. The molecule has 0 unspecified atom stereocenters. The normalized spacial score (nSPS) is 16.0. The molecule has 0 aromatic heterocycles. The van der Waals surface area contributed by atoms with Gasteiger partial charge in [-0.15, -0.1) is 11.8 Å². The number of ether oxygens (including phenoxy) is 2. The Balaban J connectivity index is 1.16. The average Bonchev–Trinajstić information content (AvgIpc) is 2.87. The zero-order chi connectivity index (χ0) is 23.9. The van der Waals surface area contributed by atoms with E-state index < -0.39 is 0 Å². The summed E-state index contributed by atoms with van der Waals surface area (Å²) in [7, 11) is 3.37. The Hall–Kier alpha value is -2.35. The molecule has 8 heteroatoms. The molecule has 0 bridgehead atoms. The van der Waals surface area contributed by atoms with Gasteiger partial charge in [-0.3, -0.25) is 9.69 Å². The van der Waals surface area contributed by atoms with Gasteiger partial charge in [-0.1, -0.05) is 11.6 Å². The highest BCUT2D eigenvalue weighted by molar-refractivity contribution is 7.99. The fourth-order valence-corrected chi connectivity index (χ4v) is 5.47. The topological polar surface area (TPSA) is 54.0 Å². The smallest absolute Gasteiger partial charge is 0.248 e. The fraction of sp³-hybridized carbons (Fsp3) is 0.423. The van der Waals surface area contributed by atoms with Gasteiger partial charge in [0.15, 0.2) is 0 Å². The van der Waals surface area contributed by atoms with E-state index in [0.717, 1.165) is 73.9 Å². The van der Waals surface area contributed by atoms with Crippen LogP contribution in [0.2, 0.25) is 5.02 Å². The number of hydrogen-bond donors (Lipinski definition) is 1. The van der Waals surface area contributed by atoms with Crippen LogP contribution in [0.3, 0.4) is 0 Å². The number of halogens is 1. The predicted molar refractivity (Wildman–Crippen MR) is 141 cm³/mol. The third-order valence-electron chi connectivity index (χ3n) is 6.26. The number of amides is 1. The molecular formula is C26H32ClN3O3S. The van der Waals surface area contributed by atoms with Crippen LogP contribution in [-0.2, 0) is 4.79 Å². The number of hydrogen-bond acceptors (Lipinski definition) is 6. The van der Waals surface area contributed by atoms with Gasteiger partial charge >= 0.3 is 0 Å². The molecule has 0 atom stereocenters. The molecule has 0 spiro atoms. The molecule has 2 aromatic rings. The van der Waals surface area contributed by atoms with Crippen molar-refractivity contribution in [3.63, 3.8) is 0 Å². The van der Waals surface area contributed by atoms with Gasteiger partial charge in [0.05, 0.1) is 19.9 Å². The molecule has 182 valence electrons. The molecule has 0 aliphatic carbocycles. The van der Waals surface area contributed by atoms with E-state index in [0.29, 0.717) is 17.3 Å². The number of carbonyl (C=O) groups excluding carboxylic acids is 1. The van der Waals surface area contributed by atoms with E-state index in [2.05, 4.69) is 21.2 Å². The maximum absolute atomic E-state index is 12.6. The molecule has 1 amide bonds. The van der Waals surface area contributed by atoms with Gasteiger partial charge in [-0.05, 0) is 61.4 Å². The third kappa shape index (κ3) is 6.20. The van der Waals surface area contributed by atoms with Gasteiger partial charge in [0.2, 0.25) is 5.91 Å². The van der Waals surface area contributed by atoms with Crippen molar-refractivity contribution >= 4 is 41.0 Å². The summed E-state index contributed by atoms with van der Waals surface area (Å²) in [5, 5.41) is 3.78. The summed E-state index contributed by atoms with van der Waals surface area (Å²) in [5.74, 6) is 2.38. The first-order chi connectivity index (χ1) is 16.6. The summed E-state index contributed by atoms with van der Waals surface area (Å²) in [4.78, 5) is 18.6. The second kappa shape index (κ2) is 11.9. The molecular weight excluding hydrogens is 470 g/mol. The molecule has 2 aliphatic heterocycles. The van der Waals surface area contributed by atoms with Crippen LogP contribution >= 0.6 is 23.4 Å². The van der Waals surface area contributed by atoms with Crippen LogP contribution in [-0.4, -0.2) is 70.0 Å². The average molecular weight is 502 g/mol. The monoisotopic (exact) mass is 501 g/mol. The Morgan fingerprint density at radius 3 is 2.65 bits per heavy atom. The van der Waals surface area contributed by atoms with Crippen LogP contribution in [0.5, 0.6) is 11.5 Å². The van der Waals surface area contributed by atoms with Crippen molar-refractivity contribution in [1.82, 2.24) is 10.2 Å². The Morgan fingerprint density at radius 2 is 1.88 bits per heavy atom. The van der Waals surface area contributed by atoms with Crippen molar-refractivity contribution in [3.05, 3.63) is 52.6 Å². The number of nitrogens with one attached hydrogen (secondary N) is 1. The third-order valence-corrected chi connectivity index (χ3v) is 7.64. The lowest BCUT2D eigenvalue weighted by Gasteiger charge is -2.36. The van der Waals surface area contributed by atoms with Gasteiger partial charge in [0.25, 0.3) is 0 Å². The number of thioether (sulfide) groups is 1. The van der Waals surface area contributed by atoms with E-state index in [1.165, 1.54) is 4.90 Å². The molecule has 2 aliphatic rings. The second-order valence-electron chi connectivity index (χ2n) is 8.47. The zero-order valence-corrected chi connectivity index (χ0v) is 21.4. The van der Waals surface area contributed by atoms with Gasteiger partial charge in [-0.25, -0.2) is 0 Å². The maximum atomic E-state index is 12.6. The molecule has 1 N–H and O–H groups in total. The summed E-state index contributed by atoms with van der Waals surface area (Å²) in [6, 6.07) is 11.8. The summed E-state index contributed by atoms with van der Waals surface area (Å²) >= 11 is 7.78. The highest BCUT2D eigenvalue weighted by Crippen LogP contribution is 2.34. The Kier molecular flexibility index (Phi) is 8.64. The van der Waals surface area contributed by atoms with Crippen LogP contribution in [0.4, 0.5) is 5.69 Å². The minimum absolute atomic E-state index is 0.0279. The van der Waals surface area contributed by atoms with Gasteiger partial charge in [0.1, 0.15) is 11.5 Å². The number of methoxy groups -OCH3 is 2. The van der Waals surface area contributed by atoms with Crippen molar-refractivity contribution in [1.29, 1.82) is 0 Å². The minimum atomic E-state index is 0.0279. The van der Waals surface area contributed by atoms with Gasteiger partial charge in [-0.2, -0.15) is 0 Å². The highest BCUT2D eigenvalue weighted by Gasteiger charge is 2.20. The van der Waals surface area contributed by atoms with Crippen molar-refractivity contribution in [2.45, 2.75) is 17.7 Å². The zero-order valence-electron chi connectivity index (χ0n) is 19.8. The number of carbonyl (C=O) groups is 1. The van der Waals surface area contributed by atoms with Crippen molar-refractivity contribution in [2.75, 3.05) is 64.1 Å². The largest absolute Gasteiger partial charge is 0.497 e. The Labute approximate surface area is 211 Å². The molecule has 6 nitrogen and oxygen atoms in total. The standard InChI is InChI=1S/C26H32ClN3O3S/c1-32-22-6-7-23(24(17-22)33-2)30-13-11-29(12-14-30)10-4-3-9-28-26(31)20-15-19-16-21(27)5-8-25(19)34-18-20/h5-8,15-17H,3-4,9-14,18H2,1-2H3,(H,28,31). The molecule has 34 heavy (non-hydrogen) atoms. The summed E-state index contributed by atoms with van der Waals surface area (Å²) in [6.45, 7) is 5.73. The molecule has 2 aromatic carbocycles. The number of unbranched alkanes of at least 4 members (excludes halogenated alkanes) is 1. The minimum Gasteiger partial charge on any atom is -0.497 e. The SMILES string of the molecule is COc1ccc(N2CCN(CCCCNC(=O)C3=Cc4cc(Cl)ccc4SC3)CC2)c(OC)c1. The highest BCUT2D eigenvalue weighted by atomic mass is 35.5. The first-order valence-corrected chi connectivity index (χ1v) is 13.0. The summed E-state index contributed by atoms with van der Waals surface area (Å²) in [6.07, 6.45) is 4.00. The maximum Gasteiger partial charge on any atom is 0.248 e. The first-order valence-electron chi connectivity index (χ1n) is 11.7. The Morgan fingerprint density at radius 1 is 1.06 bits per heavy atom. The first kappa shape index (κ1) is 24.8. The molecule has 0 saturated carbocycles. The van der Waals surface area contributed by atoms with Crippen LogP contribution in [0, 0.1) is 0 Å². The van der Waals surface area contributed by atoms with Gasteiger partial charge < -0.3 is 19.7 Å². The quantitative estimate of drug-likeness (QED) is 0.508. The van der Waals surface area contributed by atoms with E-state index in [1.54, 1.807) is 26.0 Å². The van der Waals surface area contributed by atoms with E-state index in [-0.39, 0.29) is 5.91 Å². The van der Waals surface area contributed by atoms with Crippen molar-refractivity contribution in [3.8, 4) is 11.5 Å². The second-order valence-corrected chi connectivity index (χ2v) is 9.92. The number of anilines is 1. The lowest BCUT2D eigenvalue weighted by atomic mass is 10.1. The summed E-state index contributed by atoms with van der Waals surface area (Å²) < 4.78 is 10.9.